The number of piperazine rings is 1. The van der Waals surface area contributed by atoms with E-state index in [0.717, 1.165) is 16.8 Å². The number of carbonyl (C=O) groups excluding carboxylic acids is 2. The number of aryl methyl sites for hydroxylation is 2. The third kappa shape index (κ3) is 6.33. The van der Waals surface area contributed by atoms with Crippen LogP contribution in [0, 0.1) is 13.8 Å². The van der Waals surface area contributed by atoms with Gasteiger partial charge in [0.2, 0.25) is 5.91 Å². The van der Waals surface area contributed by atoms with Crippen molar-refractivity contribution in [1.29, 1.82) is 0 Å². The van der Waals surface area contributed by atoms with Crippen LogP contribution in [0.4, 0.5) is 5.69 Å². The molecule has 1 saturated heterocycles. The zero-order chi connectivity index (χ0) is 23.3. The van der Waals surface area contributed by atoms with Gasteiger partial charge in [0, 0.05) is 31.9 Å². The molecule has 3 rings (SSSR count). The van der Waals surface area contributed by atoms with E-state index in [-0.39, 0.29) is 23.8 Å². The average Bonchev–Trinajstić information content (AvgIpc) is 2.75. The van der Waals surface area contributed by atoms with Crippen LogP contribution in [0.15, 0.2) is 42.5 Å². The first-order valence-electron chi connectivity index (χ1n) is 11.2. The molecule has 172 valence electrons. The van der Waals surface area contributed by atoms with Crippen molar-refractivity contribution in [3.8, 4) is 5.75 Å². The van der Waals surface area contributed by atoms with Gasteiger partial charge in [0.05, 0.1) is 6.54 Å². The van der Waals surface area contributed by atoms with E-state index in [1.54, 1.807) is 0 Å². The van der Waals surface area contributed by atoms with Gasteiger partial charge in [-0.3, -0.25) is 14.5 Å². The molecule has 0 bridgehead atoms. The van der Waals surface area contributed by atoms with Gasteiger partial charge in [0.25, 0.3) is 5.91 Å². The number of rotatable bonds is 6. The first kappa shape index (κ1) is 23.8. The van der Waals surface area contributed by atoms with Gasteiger partial charge in [-0.2, -0.15) is 0 Å². The number of benzene rings is 2. The molecule has 32 heavy (non-hydrogen) atoms. The number of nitrogens with zero attached hydrogens (tertiary/aromatic N) is 2. The van der Waals surface area contributed by atoms with Crippen LogP contribution in [0.25, 0.3) is 0 Å². The Morgan fingerprint density at radius 2 is 1.53 bits per heavy atom. The molecule has 0 saturated carbocycles. The third-order valence-electron chi connectivity index (χ3n) is 5.92. The number of amides is 2. The van der Waals surface area contributed by atoms with Crippen LogP contribution >= 0.6 is 0 Å². The summed E-state index contributed by atoms with van der Waals surface area (Å²) in [5.41, 5.74) is 4.32. The van der Waals surface area contributed by atoms with E-state index >= 15 is 0 Å². The molecule has 0 aliphatic carbocycles. The zero-order valence-corrected chi connectivity index (χ0v) is 19.9. The minimum Gasteiger partial charge on any atom is -0.484 e. The first-order chi connectivity index (χ1) is 15.1. The van der Waals surface area contributed by atoms with Crippen molar-refractivity contribution >= 4 is 17.5 Å². The minimum atomic E-state index is -0.0239. The predicted molar refractivity (Wildman–Crippen MR) is 128 cm³/mol. The number of nitrogens with one attached hydrogen (secondary N) is 1. The first-order valence-corrected chi connectivity index (χ1v) is 11.2. The second kappa shape index (κ2) is 10.2. The summed E-state index contributed by atoms with van der Waals surface area (Å²) < 4.78 is 5.70. The second-order valence-corrected chi connectivity index (χ2v) is 9.53. The van der Waals surface area contributed by atoms with Crippen LogP contribution in [-0.2, 0) is 15.0 Å². The number of ether oxygens (including phenoxy) is 1. The number of hydrogen-bond acceptors (Lipinski definition) is 4. The molecule has 1 aliphatic heterocycles. The van der Waals surface area contributed by atoms with E-state index in [4.69, 9.17) is 4.74 Å². The van der Waals surface area contributed by atoms with Crippen molar-refractivity contribution in [3.63, 3.8) is 0 Å². The molecule has 0 atom stereocenters. The largest absolute Gasteiger partial charge is 0.484 e. The molecule has 6 nitrogen and oxygen atoms in total. The van der Waals surface area contributed by atoms with Gasteiger partial charge in [-0.15, -0.1) is 0 Å². The normalized spacial score (nSPS) is 14.8. The van der Waals surface area contributed by atoms with Gasteiger partial charge in [0.15, 0.2) is 6.61 Å². The second-order valence-electron chi connectivity index (χ2n) is 9.53. The van der Waals surface area contributed by atoms with Crippen molar-refractivity contribution in [2.75, 3.05) is 44.6 Å². The molecule has 0 spiro atoms. The Morgan fingerprint density at radius 3 is 2.09 bits per heavy atom. The Labute approximate surface area is 191 Å². The van der Waals surface area contributed by atoms with Crippen molar-refractivity contribution in [2.24, 2.45) is 0 Å². The molecule has 1 aliphatic rings. The van der Waals surface area contributed by atoms with E-state index < -0.39 is 0 Å². The van der Waals surface area contributed by atoms with Crippen LogP contribution in [-0.4, -0.2) is 60.9 Å². The lowest BCUT2D eigenvalue weighted by Gasteiger charge is -2.34. The van der Waals surface area contributed by atoms with Gasteiger partial charge >= 0.3 is 0 Å². The molecule has 0 aromatic heterocycles. The summed E-state index contributed by atoms with van der Waals surface area (Å²) in [5.74, 6) is 0.655. The fourth-order valence-electron chi connectivity index (χ4n) is 3.84. The van der Waals surface area contributed by atoms with Gasteiger partial charge in [-0.25, -0.2) is 0 Å². The lowest BCUT2D eigenvalue weighted by atomic mass is 9.87. The highest BCUT2D eigenvalue weighted by Crippen LogP contribution is 2.24. The molecular formula is C26H35N3O3. The fraction of sp³-hybridized carbons (Fsp3) is 0.462. The predicted octanol–water partition coefficient (Wildman–Crippen LogP) is 3.76. The Hall–Kier alpha value is -2.86. The molecule has 2 aromatic carbocycles. The van der Waals surface area contributed by atoms with Crippen LogP contribution in [0.2, 0.25) is 0 Å². The topological polar surface area (TPSA) is 61.9 Å². The summed E-state index contributed by atoms with van der Waals surface area (Å²) in [7, 11) is 0. The van der Waals surface area contributed by atoms with E-state index in [1.165, 1.54) is 5.56 Å². The van der Waals surface area contributed by atoms with Crippen molar-refractivity contribution in [2.45, 2.75) is 40.0 Å². The van der Waals surface area contributed by atoms with E-state index in [2.05, 4.69) is 31.0 Å². The summed E-state index contributed by atoms with van der Waals surface area (Å²) >= 11 is 0. The van der Waals surface area contributed by atoms with Crippen LogP contribution in [0.1, 0.15) is 37.5 Å². The highest BCUT2D eigenvalue weighted by atomic mass is 16.5. The number of para-hydroxylation sites is 1. The Balaban J connectivity index is 1.42. The quantitative estimate of drug-likeness (QED) is 0.748. The Morgan fingerprint density at radius 1 is 0.938 bits per heavy atom. The Bertz CT molecular complexity index is 920. The van der Waals surface area contributed by atoms with E-state index in [1.807, 2.05) is 61.2 Å². The maximum absolute atomic E-state index is 12.5. The standard InChI is InChI=1S/C26H35N3O3/c1-19-7-6-8-20(2)25(19)27-23(30)17-28-13-15-29(16-14-28)24(31)18-32-22-11-9-21(10-12-22)26(3,4)5/h6-12H,13-18H2,1-5H3,(H,27,30). The molecule has 2 aromatic rings. The fourth-order valence-corrected chi connectivity index (χ4v) is 3.84. The number of carbonyl (C=O) groups is 2. The van der Waals surface area contributed by atoms with Gasteiger partial charge < -0.3 is 15.0 Å². The summed E-state index contributed by atoms with van der Waals surface area (Å²) in [6.45, 7) is 13.4. The highest BCUT2D eigenvalue weighted by Gasteiger charge is 2.23. The van der Waals surface area contributed by atoms with Gasteiger partial charge in [-0.05, 0) is 48.1 Å². The van der Waals surface area contributed by atoms with Crippen LogP contribution < -0.4 is 10.1 Å². The smallest absolute Gasteiger partial charge is 0.260 e. The number of anilines is 1. The molecule has 0 unspecified atom stereocenters. The van der Waals surface area contributed by atoms with E-state index in [0.29, 0.717) is 38.5 Å². The SMILES string of the molecule is Cc1cccc(C)c1NC(=O)CN1CCN(C(=O)COc2ccc(C(C)(C)C)cc2)CC1. The molecule has 1 heterocycles. The highest BCUT2D eigenvalue weighted by molar-refractivity contribution is 5.93. The summed E-state index contributed by atoms with van der Waals surface area (Å²) in [5, 5.41) is 3.03. The summed E-state index contributed by atoms with van der Waals surface area (Å²) in [4.78, 5) is 28.9. The van der Waals surface area contributed by atoms with Gasteiger partial charge in [-0.1, -0.05) is 51.1 Å². The zero-order valence-electron chi connectivity index (χ0n) is 19.9. The summed E-state index contributed by atoms with van der Waals surface area (Å²) in [6, 6.07) is 13.9. The lowest BCUT2D eigenvalue weighted by molar-refractivity contribution is -0.135. The summed E-state index contributed by atoms with van der Waals surface area (Å²) in [6.07, 6.45) is 0. The van der Waals surface area contributed by atoms with Crippen molar-refractivity contribution < 1.29 is 14.3 Å². The van der Waals surface area contributed by atoms with Crippen LogP contribution in [0.3, 0.4) is 0 Å². The van der Waals surface area contributed by atoms with E-state index in [9.17, 15) is 9.59 Å². The molecule has 1 N–H and O–H groups in total. The van der Waals surface area contributed by atoms with Crippen molar-refractivity contribution in [3.05, 3.63) is 59.2 Å². The molecule has 6 heteroatoms. The monoisotopic (exact) mass is 437 g/mol. The third-order valence-corrected chi connectivity index (χ3v) is 5.92. The maximum atomic E-state index is 12.5. The minimum absolute atomic E-state index is 0.0236. The van der Waals surface area contributed by atoms with Crippen molar-refractivity contribution in [1.82, 2.24) is 9.80 Å². The average molecular weight is 438 g/mol. The van der Waals surface area contributed by atoms with Gasteiger partial charge in [0.1, 0.15) is 5.75 Å². The molecule has 1 fully saturated rings. The lowest BCUT2D eigenvalue weighted by Crippen LogP contribution is -2.51. The Kier molecular flexibility index (Phi) is 7.56. The molecule has 0 radical (unpaired) electrons. The number of hydrogen-bond donors (Lipinski definition) is 1. The van der Waals surface area contributed by atoms with Crippen LogP contribution in [0.5, 0.6) is 5.75 Å². The maximum Gasteiger partial charge on any atom is 0.260 e. The molecular weight excluding hydrogens is 402 g/mol. The molecule has 2 amide bonds.